The van der Waals surface area contributed by atoms with E-state index in [4.69, 9.17) is 11.6 Å². The molecule has 1 N–H and O–H groups in total. The van der Waals surface area contributed by atoms with Crippen molar-refractivity contribution in [2.75, 3.05) is 5.32 Å². The molecule has 0 spiro atoms. The number of fused-ring (bicyclic) bond motifs is 2. The Balaban J connectivity index is 1.51. The number of rotatable bonds is 2. The van der Waals surface area contributed by atoms with Crippen LogP contribution >= 0.6 is 11.6 Å². The van der Waals surface area contributed by atoms with Crippen LogP contribution in [-0.4, -0.2) is 25.4 Å². The summed E-state index contributed by atoms with van der Waals surface area (Å²) >= 11 is 5.91. The van der Waals surface area contributed by atoms with E-state index in [0.29, 0.717) is 22.9 Å². The second kappa shape index (κ2) is 5.62. The van der Waals surface area contributed by atoms with Crippen LogP contribution in [0.1, 0.15) is 12.1 Å². The normalized spacial score (nSPS) is 17.0. The molecule has 1 aliphatic heterocycles. The Labute approximate surface area is 137 Å². The lowest BCUT2D eigenvalue weighted by Crippen LogP contribution is -2.30. The summed E-state index contributed by atoms with van der Waals surface area (Å²) in [5.74, 6) is 0.435. The summed E-state index contributed by atoms with van der Waals surface area (Å²) in [4.78, 5) is 25.1. The molecule has 0 radical (unpaired) electrons. The molecule has 1 unspecified atom stereocenters. The number of amides is 1. The van der Waals surface area contributed by atoms with Gasteiger partial charge in [-0.25, -0.2) is 15.0 Å². The molecule has 1 amide bonds. The van der Waals surface area contributed by atoms with Crippen LogP contribution in [-0.2, 0) is 17.8 Å². The first-order valence-electron chi connectivity index (χ1n) is 7.41. The van der Waals surface area contributed by atoms with Crippen molar-refractivity contribution >= 4 is 34.4 Å². The number of aromatic nitrogens is 4. The molecule has 0 aromatic carbocycles. The molecular weight excluding hydrogens is 314 g/mol. The van der Waals surface area contributed by atoms with Crippen LogP contribution in [0.2, 0.25) is 5.02 Å². The zero-order valence-electron chi connectivity index (χ0n) is 12.2. The summed E-state index contributed by atoms with van der Waals surface area (Å²) in [6.45, 7) is 0.818. The quantitative estimate of drug-likeness (QED) is 0.785. The van der Waals surface area contributed by atoms with Gasteiger partial charge in [-0.2, -0.15) is 0 Å². The molecule has 0 bridgehead atoms. The van der Waals surface area contributed by atoms with Crippen molar-refractivity contribution in [1.29, 1.82) is 0 Å². The first-order valence-corrected chi connectivity index (χ1v) is 7.79. The van der Waals surface area contributed by atoms with Gasteiger partial charge < -0.3 is 9.88 Å². The lowest BCUT2D eigenvalue weighted by molar-refractivity contribution is -0.120. The second-order valence-electron chi connectivity index (χ2n) is 5.65. The minimum Gasteiger partial charge on any atom is -0.335 e. The average Bonchev–Trinajstić information content (AvgIpc) is 3.02. The molecule has 0 saturated heterocycles. The van der Waals surface area contributed by atoms with E-state index in [1.807, 2.05) is 18.6 Å². The number of hydrogen-bond donors (Lipinski definition) is 1. The topological polar surface area (TPSA) is 72.7 Å². The Kier molecular flexibility index (Phi) is 3.46. The van der Waals surface area contributed by atoms with Gasteiger partial charge in [0.1, 0.15) is 5.82 Å². The van der Waals surface area contributed by atoms with Crippen LogP contribution in [0.15, 0.2) is 36.9 Å². The Morgan fingerprint density at radius 1 is 1.35 bits per heavy atom. The van der Waals surface area contributed by atoms with Crippen LogP contribution < -0.4 is 5.32 Å². The van der Waals surface area contributed by atoms with E-state index >= 15 is 0 Å². The molecule has 1 atom stereocenters. The number of nitrogens with one attached hydrogen (secondary N) is 1. The van der Waals surface area contributed by atoms with Crippen molar-refractivity contribution in [3.63, 3.8) is 0 Å². The van der Waals surface area contributed by atoms with Crippen molar-refractivity contribution in [2.24, 2.45) is 5.92 Å². The van der Waals surface area contributed by atoms with Crippen molar-refractivity contribution in [2.45, 2.75) is 19.4 Å². The third-order valence-corrected chi connectivity index (χ3v) is 4.31. The lowest BCUT2D eigenvalue weighted by atomic mass is 9.95. The highest BCUT2D eigenvalue weighted by Gasteiger charge is 2.25. The van der Waals surface area contributed by atoms with Crippen LogP contribution in [0.4, 0.5) is 5.82 Å². The van der Waals surface area contributed by atoms with Gasteiger partial charge in [0.05, 0.1) is 11.3 Å². The fourth-order valence-corrected chi connectivity index (χ4v) is 3.04. The third kappa shape index (κ3) is 2.77. The maximum absolute atomic E-state index is 12.5. The van der Waals surface area contributed by atoms with Gasteiger partial charge in [0.2, 0.25) is 5.91 Å². The number of anilines is 1. The Hall–Kier alpha value is -2.47. The monoisotopic (exact) mass is 327 g/mol. The molecule has 23 heavy (non-hydrogen) atoms. The molecule has 0 fully saturated rings. The number of nitrogens with zero attached hydrogens (tertiary/aromatic N) is 4. The molecular formula is C16H14ClN5O. The molecule has 6 nitrogen and oxygen atoms in total. The van der Waals surface area contributed by atoms with Crippen molar-refractivity contribution in [3.05, 3.63) is 47.6 Å². The predicted molar refractivity (Wildman–Crippen MR) is 87.2 cm³/mol. The number of pyridine rings is 2. The van der Waals surface area contributed by atoms with Gasteiger partial charge in [0.15, 0.2) is 5.65 Å². The minimum atomic E-state index is -0.0603. The van der Waals surface area contributed by atoms with Crippen molar-refractivity contribution in [1.82, 2.24) is 19.5 Å². The number of halogens is 1. The zero-order valence-corrected chi connectivity index (χ0v) is 13.0. The highest BCUT2D eigenvalue weighted by atomic mass is 35.5. The van der Waals surface area contributed by atoms with E-state index < -0.39 is 0 Å². The van der Waals surface area contributed by atoms with E-state index in [1.165, 1.54) is 0 Å². The highest BCUT2D eigenvalue weighted by Crippen LogP contribution is 2.22. The fourth-order valence-electron chi connectivity index (χ4n) is 2.87. The number of carbonyl (C=O) groups excluding carboxylic acids is 1. The first-order chi connectivity index (χ1) is 11.2. The smallest absolute Gasteiger partial charge is 0.229 e. The second-order valence-corrected chi connectivity index (χ2v) is 6.09. The van der Waals surface area contributed by atoms with Gasteiger partial charge in [0, 0.05) is 42.4 Å². The summed E-state index contributed by atoms with van der Waals surface area (Å²) in [5.41, 5.74) is 1.66. The van der Waals surface area contributed by atoms with Gasteiger partial charge in [-0.1, -0.05) is 11.6 Å². The average molecular weight is 328 g/mol. The van der Waals surface area contributed by atoms with E-state index in [0.717, 1.165) is 24.0 Å². The van der Waals surface area contributed by atoms with Crippen LogP contribution in [0.5, 0.6) is 0 Å². The lowest BCUT2D eigenvalue weighted by Gasteiger charge is -2.22. The zero-order chi connectivity index (χ0) is 15.8. The maximum atomic E-state index is 12.5. The van der Waals surface area contributed by atoms with E-state index in [-0.39, 0.29) is 11.8 Å². The van der Waals surface area contributed by atoms with Gasteiger partial charge in [-0.3, -0.25) is 4.79 Å². The standard InChI is InChI=1S/C16H14ClN5O/c17-12-5-10-1-2-14(20-15(10)19-7-12)21-16(23)11-3-4-22-9-18-8-13(22)6-11/h1-2,5,7-9,11H,3-4,6H2,(H,19,20,21,23). The Bertz CT molecular complexity index is 891. The van der Waals surface area contributed by atoms with Crippen molar-refractivity contribution < 1.29 is 4.79 Å². The molecule has 3 aromatic rings. The number of hydrogen-bond acceptors (Lipinski definition) is 4. The minimum absolute atomic E-state index is 0.0155. The van der Waals surface area contributed by atoms with Crippen LogP contribution in [0.25, 0.3) is 11.0 Å². The molecule has 0 saturated carbocycles. The third-order valence-electron chi connectivity index (χ3n) is 4.10. The summed E-state index contributed by atoms with van der Waals surface area (Å²) in [5, 5.41) is 4.30. The summed E-state index contributed by atoms with van der Waals surface area (Å²) in [6.07, 6.45) is 6.68. The summed E-state index contributed by atoms with van der Waals surface area (Å²) in [6, 6.07) is 5.42. The molecule has 1 aliphatic rings. The number of imidazole rings is 1. The highest BCUT2D eigenvalue weighted by molar-refractivity contribution is 6.31. The molecule has 4 rings (SSSR count). The van der Waals surface area contributed by atoms with Crippen molar-refractivity contribution in [3.8, 4) is 0 Å². The SMILES string of the molecule is O=C(Nc1ccc2cc(Cl)cnc2n1)C1CCn2cncc2C1. The van der Waals surface area contributed by atoms with Gasteiger partial charge >= 0.3 is 0 Å². The fraction of sp³-hybridized carbons (Fsp3) is 0.250. The van der Waals surface area contributed by atoms with Crippen LogP contribution in [0, 0.1) is 5.92 Å². The molecule has 0 aliphatic carbocycles. The largest absolute Gasteiger partial charge is 0.335 e. The van der Waals surface area contributed by atoms with E-state index in [1.54, 1.807) is 18.3 Å². The van der Waals surface area contributed by atoms with Gasteiger partial charge in [-0.05, 0) is 24.6 Å². The van der Waals surface area contributed by atoms with E-state index in [9.17, 15) is 4.79 Å². The van der Waals surface area contributed by atoms with Gasteiger partial charge in [0.25, 0.3) is 0 Å². The summed E-state index contributed by atoms with van der Waals surface area (Å²) < 4.78 is 2.09. The number of aryl methyl sites for hydroxylation is 1. The molecule has 3 aromatic heterocycles. The van der Waals surface area contributed by atoms with E-state index in [2.05, 4.69) is 24.8 Å². The molecule has 116 valence electrons. The summed E-state index contributed by atoms with van der Waals surface area (Å²) in [7, 11) is 0. The van der Waals surface area contributed by atoms with Crippen LogP contribution in [0.3, 0.4) is 0 Å². The Morgan fingerprint density at radius 2 is 2.26 bits per heavy atom. The molecule has 4 heterocycles. The first kappa shape index (κ1) is 14.1. The number of carbonyl (C=O) groups is 1. The maximum Gasteiger partial charge on any atom is 0.229 e. The molecule has 7 heteroatoms. The van der Waals surface area contributed by atoms with Gasteiger partial charge in [-0.15, -0.1) is 0 Å². The Morgan fingerprint density at radius 3 is 3.17 bits per heavy atom. The predicted octanol–water partition coefficient (Wildman–Crippen LogP) is 2.68.